The van der Waals surface area contributed by atoms with E-state index in [-0.39, 0.29) is 12.8 Å². The highest BCUT2D eigenvalue weighted by Crippen LogP contribution is 2.10. The fourth-order valence-electron chi connectivity index (χ4n) is 3.96. The first-order valence-corrected chi connectivity index (χ1v) is 13.1. The molecule has 13 heteroatoms. The zero-order valence-electron chi connectivity index (χ0n) is 22.4. The number of carbonyl (C=O) groups is 5. The number of amides is 3. The highest BCUT2D eigenvalue weighted by Gasteiger charge is 2.31. The number of benzene rings is 2. The molecule has 3 amide bonds. The van der Waals surface area contributed by atoms with Gasteiger partial charge in [0, 0.05) is 12.8 Å². The first-order chi connectivity index (χ1) is 19.5. The zero-order chi connectivity index (χ0) is 30.4. The van der Waals surface area contributed by atoms with Crippen molar-refractivity contribution in [1.29, 1.82) is 0 Å². The molecule has 0 fully saturated rings. The van der Waals surface area contributed by atoms with Crippen LogP contribution in [0.3, 0.4) is 0 Å². The maximum Gasteiger partial charge on any atom is 0.326 e. The van der Waals surface area contributed by atoms with Crippen molar-refractivity contribution >= 4 is 29.7 Å². The van der Waals surface area contributed by atoms with Crippen molar-refractivity contribution in [3.8, 4) is 0 Å². The van der Waals surface area contributed by atoms with E-state index in [9.17, 15) is 33.5 Å². The lowest BCUT2D eigenvalue weighted by Crippen LogP contribution is -2.58. The van der Waals surface area contributed by atoms with E-state index in [1.165, 1.54) is 24.3 Å². The van der Waals surface area contributed by atoms with E-state index in [0.29, 0.717) is 36.9 Å². The van der Waals surface area contributed by atoms with Crippen LogP contribution < -0.4 is 27.4 Å². The van der Waals surface area contributed by atoms with Crippen molar-refractivity contribution in [1.82, 2.24) is 16.0 Å². The zero-order valence-corrected chi connectivity index (χ0v) is 22.4. The summed E-state index contributed by atoms with van der Waals surface area (Å²) in [7, 11) is 0. The van der Waals surface area contributed by atoms with E-state index in [2.05, 4.69) is 16.0 Å². The molecule has 222 valence electrons. The fraction of sp³-hybridized carbons (Fsp3) is 0.393. The van der Waals surface area contributed by atoms with Gasteiger partial charge in [0.1, 0.15) is 23.9 Å². The number of hydrogen-bond acceptors (Lipinski definition) is 7. The number of carboxylic acids is 2. The second-order valence-corrected chi connectivity index (χ2v) is 9.53. The second-order valence-electron chi connectivity index (χ2n) is 9.53. The predicted molar refractivity (Wildman–Crippen MR) is 147 cm³/mol. The molecule has 0 saturated carbocycles. The fourth-order valence-corrected chi connectivity index (χ4v) is 3.96. The van der Waals surface area contributed by atoms with Gasteiger partial charge >= 0.3 is 11.9 Å². The summed E-state index contributed by atoms with van der Waals surface area (Å²) in [5.74, 6) is -5.81. The molecule has 0 aliphatic heterocycles. The normalized spacial score (nSPS) is 13.7. The number of carboxylic acid groups (broad SMARTS) is 2. The molecule has 12 nitrogen and oxygen atoms in total. The van der Waals surface area contributed by atoms with Gasteiger partial charge < -0.3 is 37.6 Å². The monoisotopic (exact) mass is 573 g/mol. The Morgan fingerprint density at radius 2 is 1.24 bits per heavy atom. The van der Waals surface area contributed by atoms with Gasteiger partial charge in [0.05, 0.1) is 12.5 Å². The molecule has 0 saturated heterocycles. The minimum atomic E-state index is -1.74. The molecule has 0 heterocycles. The molecule has 0 aromatic heterocycles. The van der Waals surface area contributed by atoms with Gasteiger partial charge in [-0.05, 0) is 42.6 Å². The Kier molecular flexibility index (Phi) is 13.4. The van der Waals surface area contributed by atoms with Crippen LogP contribution in [0.1, 0.15) is 36.8 Å². The Labute approximate surface area is 236 Å². The van der Waals surface area contributed by atoms with Gasteiger partial charge in [-0.1, -0.05) is 48.9 Å². The third kappa shape index (κ3) is 11.7. The molecule has 9 N–H and O–H groups in total. The third-order valence-corrected chi connectivity index (χ3v) is 6.20. The van der Waals surface area contributed by atoms with Crippen LogP contribution in [0.5, 0.6) is 0 Å². The third-order valence-electron chi connectivity index (χ3n) is 6.20. The van der Waals surface area contributed by atoms with Gasteiger partial charge in [0.2, 0.25) is 17.7 Å². The van der Waals surface area contributed by atoms with Crippen molar-refractivity contribution < 1.29 is 38.6 Å². The van der Waals surface area contributed by atoms with Crippen molar-refractivity contribution in [2.45, 2.75) is 62.7 Å². The van der Waals surface area contributed by atoms with Crippen LogP contribution in [0.15, 0.2) is 54.6 Å². The van der Waals surface area contributed by atoms with Gasteiger partial charge in [-0.3, -0.25) is 19.2 Å². The lowest BCUT2D eigenvalue weighted by Gasteiger charge is -2.25. The summed E-state index contributed by atoms with van der Waals surface area (Å²) in [4.78, 5) is 62.1. The smallest absolute Gasteiger partial charge is 0.326 e. The van der Waals surface area contributed by atoms with Crippen LogP contribution in [0.4, 0.5) is 4.39 Å². The second kappa shape index (κ2) is 16.7. The molecular formula is C28H36FN5O7. The minimum absolute atomic E-state index is 0.0619. The van der Waals surface area contributed by atoms with Crippen LogP contribution in [-0.2, 0) is 36.8 Å². The van der Waals surface area contributed by atoms with E-state index in [1.54, 1.807) is 30.3 Å². The molecule has 2 aromatic carbocycles. The molecule has 0 radical (unpaired) electrons. The number of nitrogens with two attached hydrogens (primary N) is 2. The van der Waals surface area contributed by atoms with E-state index < -0.39 is 66.1 Å². The van der Waals surface area contributed by atoms with Gasteiger partial charge in [0.25, 0.3) is 0 Å². The van der Waals surface area contributed by atoms with Crippen LogP contribution in [0.25, 0.3) is 0 Å². The van der Waals surface area contributed by atoms with E-state index in [1.807, 2.05) is 0 Å². The van der Waals surface area contributed by atoms with Crippen LogP contribution in [-0.4, -0.2) is 70.6 Å². The average Bonchev–Trinajstić information content (AvgIpc) is 2.93. The standard InChI is InChI=1S/C28H36FN5O7/c29-19-11-9-18(10-12-19)15-21(32-25(37)20(31)8-4-5-13-30)26(38)33-22(14-17-6-2-1-3-7-17)27(39)34-23(28(40)41)16-24(35)36/h1-3,6-7,9-12,20-23H,4-5,8,13-16,30-31H2,(H,32,37)(H,33,38)(H,34,39)(H,35,36)(H,40,41)/t20-,21+,22+,23+/m1/s1. The van der Waals surface area contributed by atoms with E-state index >= 15 is 0 Å². The summed E-state index contributed by atoms with van der Waals surface area (Å²) in [5, 5.41) is 25.7. The maximum absolute atomic E-state index is 13.5. The summed E-state index contributed by atoms with van der Waals surface area (Å²) in [6.07, 6.45) is 0.583. The summed E-state index contributed by atoms with van der Waals surface area (Å²) in [5.41, 5.74) is 12.6. The van der Waals surface area contributed by atoms with Crippen molar-refractivity contribution in [3.05, 3.63) is 71.5 Å². The molecule has 2 aromatic rings. The molecular weight excluding hydrogens is 537 g/mol. The molecule has 0 unspecified atom stereocenters. The summed E-state index contributed by atoms with van der Waals surface area (Å²) in [6, 6.07) is 8.61. The summed E-state index contributed by atoms with van der Waals surface area (Å²) < 4.78 is 13.5. The molecule has 2 rings (SSSR count). The molecule has 41 heavy (non-hydrogen) atoms. The molecule has 0 aliphatic rings. The van der Waals surface area contributed by atoms with E-state index in [0.717, 1.165) is 0 Å². The Balaban J connectivity index is 2.30. The largest absolute Gasteiger partial charge is 0.481 e. The van der Waals surface area contributed by atoms with Gasteiger partial charge in [-0.25, -0.2) is 9.18 Å². The SMILES string of the molecule is NCCCC[C@@H](N)C(=O)N[C@@H](Cc1ccc(F)cc1)C(=O)N[C@@H](Cc1ccccc1)C(=O)N[C@@H](CC(=O)O)C(=O)O. The van der Waals surface area contributed by atoms with E-state index in [4.69, 9.17) is 16.6 Å². The van der Waals surface area contributed by atoms with Gasteiger partial charge in [-0.2, -0.15) is 0 Å². The predicted octanol–water partition coefficient (Wildman–Crippen LogP) is 0.0809. The van der Waals surface area contributed by atoms with Crippen LogP contribution in [0.2, 0.25) is 0 Å². The summed E-state index contributed by atoms with van der Waals surface area (Å²) >= 11 is 0. The molecule has 0 bridgehead atoms. The Morgan fingerprint density at radius 3 is 1.76 bits per heavy atom. The Morgan fingerprint density at radius 1 is 0.732 bits per heavy atom. The molecule has 4 atom stereocenters. The number of nitrogens with one attached hydrogen (secondary N) is 3. The number of carbonyl (C=O) groups excluding carboxylic acids is 3. The van der Waals surface area contributed by atoms with Crippen molar-refractivity contribution in [2.24, 2.45) is 11.5 Å². The number of rotatable bonds is 17. The lowest BCUT2D eigenvalue weighted by molar-refractivity contribution is -0.147. The maximum atomic E-state index is 13.5. The average molecular weight is 574 g/mol. The van der Waals surface area contributed by atoms with Gasteiger partial charge in [0.15, 0.2) is 0 Å². The lowest BCUT2D eigenvalue weighted by atomic mass is 10.0. The number of hydrogen-bond donors (Lipinski definition) is 7. The molecule has 0 spiro atoms. The van der Waals surface area contributed by atoms with Crippen LogP contribution in [0, 0.1) is 5.82 Å². The number of aliphatic carboxylic acids is 2. The quantitative estimate of drug-likeness (QED) is 0.127. The van der Waals surface area contributed by atoms with Crippen LogP contribution >= 0.6 is 0 Å². The molecule has 0 aliphatic carbocycles. The summed E-state index contributed by atoms with van der Waals surface area (Å²) in [6.45, 7) is 0.435. The van der Waals surface area contributed by atoms with Gasteiger partial charge in [-0.15, -0.1) is 0 Å². The minimum Gasteiger partial charge on any atom is -0.481 e. The Hall–Kier alpha value is -4.36. The first kappa shape index (κ1) is 32.8. The Bertz CT molecular complexity index is 1180. The van der Waals surface area contributed by atoms with Crippen molar-refractivity contribution in [2.75, 3.05) is 6.54 Å². The number of halogens is 1. The highest BCUT2D eigenvalue weighted by atomic mass is 19.1. The topological polar surface area (TPSA) is 214 Å². The first-order valence-electron chi connectivity index (χ1n) is 13.1. The highest BCUT2D eigenvalue weighted by molar-refractivity contribution is 5.95. The number of unbranched alkanes of at least 4 members (excludes halogenated alkanes) is 1. The van der Waals surface area contributed by atoms with Crippen molar-refractivity contribution in [3.63, 3.8) is 0 Å².